The minimum atomic E-state index is 0.169. The van der Waals surface area contributed by atoms with E-state index in [4.69, 9.17) is 10.2 Å². The van der Waals surface area contributed by atoms with E-state index in [-0.39, 0.29) is 11.5 Å². The SMILES string of the molecule is Oc1ccc(O)cc1.c1ccc2c(c1)-c1ccccc1-2. The van der Waals surface area contributed by atoms with Gasteiger partial charge in [0.25, 0.3) is 0 Å². The van der Waals surface area contributed by atoms with Crippen LogP contribution in [0.2, 0.25) is 0 Å². The van der Waals surface area contributed by atoms with Gasteiger partial charge in [-0.1, -0.05) is 48.5 Å². The van der Waals surface area contributed by atoms with Gasteiger partial charge in [0.05, 0.1) is 0 Å². The Hall–Kier alpha value is -2.74. The van der Waals surface area contributed by atoms with Crippen LogP contribution >= 0.6 is 0 Å². The summed E-state index contributed by atoms with van der Waals surface area (Å²) in [6.07, 6.45) is 0. The number of rotatable bonds is 0. The zero-order valence-electron chi connectivity index (χ0n) is 10.8. The first-order chi connectivity index (χ1) is 9.75. The topological polar surface area (TPSA) is 40.5 Å². The minimum absolute atomic E-state index is 0.169. The lowest BCUT2D eigenvalue weighted by atomic mass is 9.81. The Morgan fingerprint density at radius 3 is 0.900 bits per heavy atom. The zero-order chi connectivity index (χ0) is 13.9. The van der Waals surface area contributed by atoms with Crippen LogP contribution in [-0.4, -0.2) is 10.2 Å². The van der Waals surface area contributed by atoms with Gasteiger partial charge in [-0.3, -0.25) is 0 Å². The van der Waals surface area contributed by atoms with Crippen LogP contribution in [0.25, 0.3) is 22.3 Å². The number of hydrogen-bond acceptors (Lipinski definition) is 2. The Morgan fingerprint density at radius 2 is 0.650 bits per heavy atom. The molecule has 2 N–H and O–H groups in total. The van der Waals surface area contributed by atoms with E-state index >= 15 is 0 Å². The van der Waals surface area contributed by atoms with Crippen molar-refractivity contribution < 1.29 is 10.2 Å². The Labute approximate surface area is 117 Å². The molecular formula is C18H14O2. The molecule has 0 bridgehead atoms. The molecule has 0 unspecified atom stereocenters. The van der Waals surface area contributed by atoms with E-state index in [1.807, 2.05) is 0 Å². The van der Waals surface area contributed by atoms with Crippen molar-refractivity contribution >= 4 is 0 Å². The number of hydrogen-bond donors (Lipinski definition) is 2. The summed E-state index contributed by atoms with van der Waals surface area (Å²) in [7, 11) is 0. The molecule has 0 saturated heterocycles. The molecule has 98 valence electrons. The molecule has 20 heavy (non-hydrogen) atoms. The molecule has 0 spiro atoms. The molecule has 0 fully saturated rings. The summed E-state index contributed by atoms with van der Waals surface area (Å²) in [5.74, 6) is 0.339. The molecule has 2 nitrogen and oxygen atoms in total. The number of phenolic OH excluding ortho intramolecular Hbond substituents is 2. The third-order valence-electron chi connectivity index (χ3n) is 3.28. The smallest absolute Gasteiger partial charge is 0.115 e. The number of aromatic hydroxyl groups is 2. The van der Waals surface area contributed by atoms with Crippen molar-refractivity contribution in [2.75, 3.05) is 0 Å². The maximum atomic E-state index is 8.65. The first kappa shape index (κ1) is 12.3. The van der Waals surface area contributed by atoms with Crippen molar-refractivity contribution in [3.63, 3.8) is 0 Å². The van der Waals surface area contributed by atoms with Crippen molar-refractivity contribution in [3.8, 4) is 33.8 Å². The predicted molar refractivity (Wildman–Crippen MR) is 80.6 cm³/mol. The summed E-state index contributed by atoms with van der Waals surface area (Å²) in [6, 6.07) is 22.8. The van der Waals surface area contributed by atoms with Crippen molar-refractivity contribution in [2.45, 2.75) is 0 Å². The molecule has 0 aliphatic heterocycles. The summed E-state index contributed by atoms with van der Waals surface area (Å²) in [5.41, 5.74) is 5.59. The van der Waals surface area contributed by atoms with Gasteiger partial charge >= 0.3 is 0 Å². The zero-order valence-corrected chi connectivity index (χ0v) is 10.8. The standard InChI is InChI=1S/C12H8.C6H6O2/c1-2-6-10-9(5-1)11-7-3-4-8-12(10)11;7-5-1-2-6(8)4-3-5/h1-8H;1-4,7-8H. The van der Waals surface area contributed by atoms with E-state index in [1.54, 1.807) is 0 Å². The second-order valence-corrected chi connectivity index (χ2v) is 4.61. The maximum Gasteiger partial charge on any atom is 0.115 e. The number of phenols is 2. The fourth-order valence-electron chi connectivity index (χ4n) is 2.30. The monoisotopic (exact) mass is 262 g/mol. The van der Waals surface area contributed by atoms with Crippen molar-refractivity contribution in [3.05, 3.63) is 72.8 Å². The molecule has 3 aromatic carbocycles. The molecule has 0 saturated carbocycles. The molecule has 0 radical (unpaired) electrons. The van der Waals surface area contributed by atoms with E-state index in [0.29, 0.717) is 0 Å². The third-order valence-corrected chi connectivity index (χ3v) is 3.28. The van der Waals surface area contributed by atoms with Gasteiger partial charge in [-0.05, 0) is 46.5 Å². The average Bonchev–Trinajstić information content (AvgIpc) is 2.48. The summed E-state index contributed by atoms with van der Waals surface area (Å²) >= 11 is 0. The largest absolute Gasteiger partial charge is 0.508 e. The molecule has 4 rings (SSSR count). The molecule has 0 amide bonds. The lowest BCUT2D eigenvalue weighted by Crippen LogP contribution is -1.96. The summed E-state index contributed by atoms with van der Waals surface area (Å²) in [5, 5.41) is 17.3. The molecule has 1 aliphatic carbocycles. The minimum Gasteiger partial charge on any atom is -0.508 e. The number of benzene rings is 3. The van der Waals surface area contributed by atoms with Gasteiger partial charge in [-0.25, -0.2) is 0 Å². The van der Waals surface area contributed by atoms with Crippen molar-refractivity contribution in [2.24, 2.45) is 0 Å². The highest BCUT2D eigenvalue weighted by Crippen LogP contribution is 2.46. The Morgan fingerprint density at radius 1 is 0.400 bits per heavy atom. The van der Waals surface area contributed by atoms with Crippen LogP contribution < -0.4 is 0 Å². The molecule has 0 atom stereocenters. The van der Waals surface area contributed by atoms with E-state index in [9.17, 15) is 0 Å². The van der Waals surface area contributed by atoms with Crippen molar-refractivity contribution in [1.82, 2.24) is 0 Å². The highest BCUT2D eigenvalue weighted by atomic mass is 16.3. The van der Waals surface area contributed by atoms with Gasteiger partial charge in [0.15, 0.2) is 0 Å². The molecule has 1 aliphatic rings. The van der Waals surface area contributed by atoms with E-state index in [2.05, 4.69) is 48.5 Å². The maximum absolute atomic E-state index is 8.65. The third kappa shape index (κ3) is 2.24. The Bertz CT molecular complexity index is 609. The van der Waals surface area contributed by atoms with E-state index in [1.165, 1.54) is 46.5 Å². The fourth-order valence-corrected chi connectivity index (χ4v) is 2.30. The average molecular weight is 262 g/mol. The molecule has 2 heteroatoms. The molecular weight excluding hydrogens is 248 g/mol. The van der Waals surface area contributed by atoms with Crippen LogP contribution in [0.4, 0.5) is 0 Å². The van der Waals surface area contributed by atoms with Crippen LogP contribution in [0.3, 0.4) is 0 Å². The lowest BCUT2D eigenvalue weighted by Gasteiger charge is -2.22. The second kappa shape index (κ2) is 5.10. The normalized spacial score (nSPS) is 10.4. The van der Waals surface area contributed by atoms with Crippen LogP contribution in [-0.2, 0) is 0 Å². The molecule has 0 aromatic heterocycles. The lowest BCUT2D eigenvalue weighted by molar-refractivity contribution is 0.460. The summed E-state index contributed by atoms with van der Waals surface area (Å²) in [6.45, 7) is 0. The first-order valence-corrected chi connectivity index (χ1v) is 6.42. The van der Waals surface area contributed by atoms with Crippen LogP contribution in [0.15, 0.2) is 72.8 Å². The van der Waals surface area contributed by atoms with E-state index < -0.39 is 0 Å². The Balaban J connectivity index is 0.000000133. The van der Waals surface area contributed by atoms with Gasteiger partial charge in [0.1, 0.15) is 11.5 Å². The Kier molecular flexibility index (Phi) is 3.13. The van der Waals surface area contributed by atoms with Crippen LogP contribution in [0, 0.1) is 0 Å². The van der Waals surface area contributed by atoms with Gasteiger partial charge in [-0.15, -0.1) is 0 Å². The van der Waals surface area contributed by atoms with Crippen LogP contribution in [0.1, 0.15) is 0 Å². The first-order valence-electron chi connectivity index (χ1n) is 6.42. The van der Waals surface area contributed by atoms with Gasteiger partial charge < -0.3 is 10.2 Å². The van der Waals surface area contributed by atoms with Gasteiger partial charge in [-0.2, -0.15) is 0 Å². The second-order valence-electron chi connectivity index (χ2n) is 4.61. The quantitative estimate of drug-likeness (QED) is 0.460. The highest BCUT2D eigenvalue weighted by molar-refractivity contribution is 6.02. The molecule has 3 aromatic rings. The van der Waals surface area contributed by atoms with Crippen LogP contribution in [0.5, 0.6) is 11.5 Å². The molecule has 0 heterocycles. The van der Waals surface area contributed by atoms with Gasteiger partial charge in [0, 0.05) is 0 Å². The highest BCUT2D eigenvalue weighted by Gasteiger charge is 2.19. The summed E-state index contributed by atoms with van der Waals surface area (Å²) < 4.78 is 0. The summed E-state index contributed by atoms with van der Waals surface area (Å²) in [4.78, 5) is 0. The van der Waals surface area contributed by atoms with Crippen molar-refractivity contribution in [1.29, 1.82) is 0 Å². The van der Waals surface area contributed by atoms with E-state index in [0.717, 1.165) is 0 Å². The predicted octanol–water partition coefficient (Wildman–Crippen LogP) is 4.43. The number of fused-ring (bicyclic) bond motifs is 4. The van der Waals surface area contributed by atoms with Gasteiger partial charge in [0.2, 0.25) is 0 Å². The fraction of sp³-hybridized carbons (Fsp3) is 0.